The molecule has 182 valence electrons. The highest BCUT2D eigenvalue weighted by atomic mass is 32.2. The van der Waals surface area contributed by atoms with Crippen molar-refractivity contribution in [3.8, 4) is 33.6 Å². The van der Waals surface area contributed by atoms with Gasteiger partial charge in [-0.05, 0) is 46.9 Å². The molecule has 0 amide bonds. The van der Waals surface area contributed by atoms with Crippen molar-refractivity contribution >= 4 is 46.6 Å². The highest BCUT2D eigenvalue weighted by Crippen LogP contribution is 2.47. The van der Waals surface area contributed by atoms with Gasteiger partial charge in [0.25, 0.3) is 0 Å². The number of benzene rings is 5. The van der Waals surface area contributed by atoms with E-state index in [4.69, 9.17) is 4.98 Å². The van der Waals surface area contributed by atoms with Crippen molar-refractivity contribution in [2.24, 2.45) is 0 Å². The van der Waals surface area contributed by atoms with Gasteiger partial charge in [0.15, 0.2) is 0 Å². The summed E-state index contributed by atoms with van der Waals surface area (Å²) in [6, 6.07) is 48.0. The quantitative estimate of drug-likeness (QED) is 0.219. The Kier molecular flexibility index (Phi) is 5.49. The van der Waals surface area contributed by atoms with Gasteiger partial charge in [0.2, 0.25) is 6.71 Å². The second kappa shape index (κ2) is 9.34. The molecular formula is C35H22BNS2. The Morgan fingerprint density at radius 1 is 0.462 bits per heavy atom. The minimum absolute atomic E-state index is 0.199. The largest absolute Gasteiger partial charge is 0.248 e. The fourth-order valence-electron chi connectivity index (χ4n) is 5.85. The van der Waals surface area contributed by atoms with Crippen LogP contribution in [-0.4, -0.2) is 11.7 Å². The zero-order valence-corrected chi connectivity index (χ0v) is 22.7. The van der Waals surface area contributed by atoms with Crippen molar-refractivity contribution in [3.63, 3.8) is 0 Å². The Bertz CT molecular complexity index is 1860. The molecule has 4 heteroatoms. The van der Waals surface area contributed by atoms with E-state index in [1.807, 2.05) is 23.5 Å². The Morgan fingerprint density at radius 2 is 1.00 bits per heavy atom. The lowest BCUT2D eigenvalue weighted by Gasteiger charge is -2.35. The summed E-state index contributed by atoms with van der Waals surface area (Å²) in [4.78, 5) is 10.6. The third kappa shape index (κ3) is 3.78. The standard InChI is InChI=1S/C35H22BNS2/c1-3-12-23(13-4-1)25-22-26(30-19-11-18-29(37-30)24-14-5-2-6-15-24)35-33-34(25)38-31-20-9-7-16-27(31)36(33)28-17-8-10-21-32(28)39-35/h1-22H. The van der Waals surface area contributed by atoms with E-state index in [0.29, 0.717) is 0 Å². The maximum absolute atomic E-state index is 5.23. The summed E-state index contributed by atoms with van der Waals surface area (Å²) < 4.78 is 0. The van der Waals surface area contributed by atoms with Crippen LogP contribution in [0.15, 0.2) is 153 Å². The first-order chi connectivity index (χ1) is 19.3. The normalized spacial score (nSPS) is 12.9. The number of hydrogen-bond donors (Lipinski definition) is 0. The average molecular weight is 532 g/mol. The van der Waals surface area contributed by atoms with Gasteiger partial charge in [0.1, 0.15) is 0 Å². The van der Waals surface area contributed by atoms with Crippen LogP contribution in [0.1, 0.15) is 0 Å². The molecule has 0 spiro atoms. The van der Waals surface area contributed by atoms with Gasteiger partial charge in [-0.3, -0.25) is 0 Å². The summed E-state index contributed by atoms with van der Waals surface area (Å²) in [7, 11) is 0. The van der Waals surface area contributed by atoms with E-state index in [-0.39, 0.29) is 6.71 Å². The zero-order chi connectivity index (χ0) is 25.8. The van der Waals surface area contributed by atoms with Gasteiger partial charge in [0.05, 0.1) is 11.4 Å². The van der Waals surface area contributed by atoms with Gasteiger partial charge in [-0.15, -0.1) is 0 Å². The fraction of sp³-hybridized carbons (Fsp3) is 0. The Morgan fingerprint density at radius 3 is 1.67 bits per heavy atom. The Hall–Kier alpha value is -3.99. The van der Waals surface area contributed by atoms with Crippen LogP contribution in [0.25, 0.3) is 33.6 Å². The fourth-order valence-corrected chi connectivity index (χ4v) is 8.48. The summed E-state index contributed by atoms with van der Waals surface area (Å²) in [5, 5.41) is 0. The first kappa shape index (κ1) is 23.0. The molecule has 0 bridgehead atoms. The molecule has 0 radical (unpaired) electrons. The van der Waals surface area contributed by atoms with Crippen LogP contribution < -0.4 is 16.4 Å². The molecule has 0 unspecified atom stereocenters. The van der Waals surface area contributed by atoms with Crippen molar-refractivity contribution in [2.75, 3.05) is 0 Å². The minimum atomic E-state index is 0.199. The molecule has 2 aliphatic heterocycles. The summed E-state index contributed by atoms with van der Waals surface area (Å²) in [5.41, 5.74) is 11.1. The zero-order valence-electron chi connectivity index (χ0n) is 21.0. The van der Waals surface area contributed by atoms with Crippen molar-refractivity contribution < 1.29 is 0 Å². The summed E-state index contributed by atoms with van der Waals surface area (Å²) >= 11 is 3.81. The first-order valence-corrected chi connectivity index (χ1v) is 14.8. The van der Waals surface area contributed by atoms with Crippen LogP contribution in [0.4, 0.5) is 0 Å². The van der Waals surface area contributed by atoms with Gasteiger partial charge in [-0.25, -0.2) is 4.98 Å². The highest BCUT2D eigenvalue weighted by Gasteiger charge is 2.40. The van der Waals surface area contributed by atoms with Crippen molar-refractivity contribution in [1.82, 2.24) is 4.98 Å². The molecule has 39 heavy (non-hydrogen) atoms. The van der Waals surface area contributed by atoms with Gasteiger partial charge in [0, 0.05) is 30.7 Å². The van der Waals surface area contributed by atoms with E-state index in [1.54, 1.807) is 0 Å². The predicted octanol–water partition coefficient (Wildman–Crippen LogP) is 7.53. The van der Waals surface area contributed by atoms with Gasteiger partial charge < -0.3 is 0 Å². The smallest absolute Gasteiger partial charge is 0.247 e. The van der Waals surface area contributed by atoms with Gasteiger partial charge in [-0.1, -0.05) is 138 Å². The molecule has 0 aliphatic carbocycles. The van der Waals surface area contributed by atoms with E-state index >= 15 is 0 Å². The average Bonchev–Trinajstić information content (AvgIpc) is 3.02. The molecule has 8 rings (SSSR count). The molecule has 0 N–H and O–H groups in total. The third-order valence-electron chi connectivity index (χ3n) is 7.62. The maximum Gasteiger partial charge on any atom is 0.247 e. The lowest BCUT2D eigenvalue weighted by Crippen LogP contribution is -2.58. The van der Waals surface area contributed by atoms with Crippen LogP contribution in [0.2, 0.25) is 0 Å². The van der Waals surface area contributed by atoms with E-state index in [9.17, 15) is 0 Å². The van der Waals surface area contributed by atoms with Crippen LogP contribution in [0.3, 0.4) is 0 Å². The lowest BCUT2D eigenvalue weighted by atomic mass is 9.36. The third-order valence-corrected chi connectivity index (χ3v) is 10.1. The van der Waals surface area contributed by atoms with Gasteiger partial charge in [-0.2, -0.15) is 0 Å². The number of rotatable bonds is 3. The van der Waals surface area contributed by atoms with E-state index in [1.165, 1.54) is 52.7 Å². The summed E-state index contributed by atoms with van der Waals surface area (Å²) in [6.45, 7) is 0.199. The monoisotopic (exact) mass is 531 g/mol. The first-order valence-electron chi connectivity index (χ1n) is 13.2. The SMILES string of the molecule is c1ccc(-c2cccc(-c3cc(-c4ccccc4)c4c5c3Sc3ccccc3B5c3ccccc3S4)n2)cc1. The van der Waals surface area contributed by atoms with Crippen molar-refractivity contribution in [1.29, 1.82) is 0 Å². The van der Waals surface area contributed by atoms with Crippen LogP contribution >= 0.6 is 23.5 Å². The predicted molar refractivity (Wildman–Crippen MR) is 166 cm³/mol. The Balaban J connectivity index is 1.44. The van der Waals surface area contributed by atoms with Crippen molar-refractivity contribution in [3.05, 3.63) is 133 Å². The maximum atomic E-state index is 5.23. The van der Waals surface area contributed by atoms with Crippen LogP contribution in [0.5, 0.6) is 0 Å². The number of hydrogen-bond acceptors (Lipinski definition) is 3. The molecule has 0 atom stereocenters. The molecular weight excluding hydrogens is 509 g/mol. The molecule has 0 fully saturated rings. The summed E-state index contributed by atoms with van der Waals surface area (Å²) in [5.74, 6) is 0. The van der Waals surface area contributed by atoms with Crippen LogP contribution in [-0.2, 0) is 0 Å². The van der Waals surface area contributed by atoms with Crippen molar-refractivity contribution in [2.45, 2.75) is 19.6 Å². The molecule has 1 nitrogen and oxygen atoms in total. The lowest BCUT2D eigenvalue weighted by molar-refractivity contribution is 1.27. The highest BCUT2D eigenvalue weighted by molar-refractivity contribution is 8.01. The summed E-state index contributed by atoms with van der Waals surface area (Å²) in [6.07, 6.45) is 0. The number of aromatic nitrogens is 1. The second-order valence-corrected chi connectivity index (χ2v) is 12.0. The van der Waals surface area contributed by atoms with E-state index in [2.05, 4.69) is 133 Å². The van der Waals surface area contributed by atoms with E-state index < -0.39 is 0 Å². The molecule has 3 heterocycles. The second-order valence-electron chi connectivity index (χ2n) is 9.90. The molecule has 2 aliphatic rings. The van der Waals surface area contributed by atoms with E-state index in [0.717, 1.165) is 17.0 Å². The topological polar surface area (TPSA) is 12.9 Å². The Labute approximate surface area is 237 Å². The molecule has 5 aromatic carbocycles. The number of fused-ring (bicyclic) bond motifs is 4. The minimum Gasteiger partial charge on any atom is -0.248 e. The molecule has 6 aromatic rings. The number of nitrogens with zero attached hydrogens (tertiary/aromatic N) is 1. The van der Waals surface area contributed by atoms with Crippen LogP contribution in [0, 0.1) is 0 Å². The molecule has 1 aromatic heterocycles. The van der Waals surface area contributed by atoms with Gasteiger partial charge >= 0.3 is 0 Å². The molecule has 0 saturated heterocycles. The molecule has 0 saturated carbocycles. The number of pyridine rings is 1.